The van der Waals surface area contributed by atoms with Crippen LogP contribution in [0.5, 0.6) is 0 Å². The standard InChI is InChI=1S/C45H27N3O/c1-3-12-28(13-4-1)43-46-44(29-14-5-2-6-15-29)48-45(47-43)31-23-25-38-41(27-31)49-40-21-11-20-32(42(38)40)30-22-24-37-35-18-8-7-16-33(35)34-17-9-10-19-36(34)39(37)26-30/h1-27H/i1D,3D,4D,7D,8D,9D,12D,13D,17D,19D,22D,26D. The van der Waals surface area contributed by atoms with E-state index in [-0.39, 0.29) is 87.1 Å². The van der Waals surface area contributed by atoms with Crippen molar-refractivity contribution in [1.29, 1.82) is 0 Å². The Morgan fingerprint density at radius 3 is 1.98 bits per heavy atom. The molecule has 4 nitrogen and oxygen atoms in total. The molecule has 0 saturated carbocycles. The minimum absolute atomic E-state index is 0.00774. The molecule has 228 valence electrons. The fraction of sp³-hybridized carbons (Fsp3) is 0. The lowest BCUT2D eigenvalue weighted by Gasteiger charge is -2.12. The van der Waals surface area contributed by atoms with Gasteiger partial charge in [0.05, 0.1) is 16.4 Å². The van der Waals surface area contributed by atoms with E-state index in [4.69, 9.17) is 23.1 Å². The van der Waals surface area contributed by atoms with Gasteiger partial charge < -0.3 is 4.42 Å². The Bertz CT molecular complexity index is 3550. The Labute approximate surface area is 298 Å². The average Bonchev–Trinajstić information content (AvgIpc) is 3.63. The maximum atomic E-state index is 9.72. The number of benzene rings is 8. The minimum Gasteiger partial charge on any atom is -0.456 e. The normalized spacial score (nSPS) is 15.1. The third-order valence-electron chi connectivity index (χ3n) is 8.65. The van der Waals surface area contributed by atoms with E-state index in [0.717, 1.165) is 0 Å². The molecule has 2 aromatic heterocycles. The second-order valence-electron chi connectivity index (χ2n) is 11.5. The molecule has 0 atom stereocenters. The van der Waals surface area contributed by atoms with Gasteiger partial charge in [-0.15, -0.1) is 0 Å². The van der Waals surface area contributed by atoms with Gasteiger partial charge in [-0.2, -0.15) is 0 Å². The van der Waals surface area contributed by atoms with Gasteiger partial charge >= 0.3 is 0 Å². The zero-order chi connectivity index (χ0) is 42.8. The van der Waals surface area contributed by atoms with Gasteiger partial charge in [-0.25, -0.2) is 15.0 Å². The summed E-state index contributed by atoms with van der Waals surface area (Å²) in [5.41, 5.74) is 2.51. The van der Waals surface area contributed by atoms with Crippen LogP contribution in [0.2, 0.25) is 0 Å². The van der Waals surface area contributed by atoms with E-state index in [1.54, 1.807) is 66.7 Å². The maximum absolute atomic E-state index is 9.72. The fourth-order valence-corrected chi connectivity index (χ4v) is 6.43. The summed E-state index contributed by atoms with van der Waals surface area (Å²) in [7, 11) is 0. The molecular weight excluding hydrogens is 599 g/mol. The zero-order valence-corrected chi connectivity index (χ0v) is 25.4. The summed E-state index contributed by atoms with van der Waals surface area (Å²) >= 11 is 0. The topological polar surface area (TPSA) is 51.8 Å². The number of rotatable bonds is 4. The van der Waals surface area contributed by atoms with Crippen LogP contribution in [0.15, 0.2) is 168 Å². The quantitative estimate of drug-likeness (QED) is 0.180. The third-order valence-corrected chi connectivity index (χ3v) is 8.65. The Kier molecular flexibility index (Phi) is 4.04. The van der Waals surface area contributed by atoms with Crippen LogP contribution in [0.1, 0.15) is 16.4 Å². The molecule has 0 fully saturated rings. The number of hydrogen-bond donors (Lipinski definition) is 0. The molecule has 49 heavy (non-hydrogen) atoms. The predicted octanol–water partition coefficient (Wildman–Crippen LogP) is 11.9. The summed E-state index contributed by atoms with van der Waals surface area (Å²) in [4.78, 5) is 14.0. The largest absolute Gasteiger partial charge is 0.456 e. The molecule has 8 aromatic carbocycles. The van der Waals surface area contributed by atoms with E-state index in [0.29, 0.717) is 54.8 Å². The molecule has 10 aromatic rings. The van der Waals surface area contributed by atoms with Gasteiger partial charge in [0.25, 0.3) is 0 Å². The SMILES string of the molecule is [2H]c1cc2c(cc1[2H])c1c([2H])c([2H])cc([2H])c1c1c([2H])c(-c3cccc4oc5cc(-c6nc(-c7ccccc7)nc(-c7c([2H])c([2H])c([2H])c([2H])c7[2H])n6)ccc5c34)c([2H])cc21. The highest BCUT2D eigenvalue weighted by Crippen LogP contribution is 2.41. The molecule has 4 heteroatoms. The minimum atomic E-state index is -0.538. The molecular formula is C45H27N3O. The monoisotopic (exact) mass is 637 g/mol. The van der Waals surface area contributed by atoms with Gasteiger partial charge in [0, 0.05) is 27.5 Å². The third kappa shape index (κ3) is 4.49. The second kappa shape index (κ2) is 11.0. The van der Waals surface area contributed by atoms with E-state index in [1.807, 2.05) is 6.07 Å². The molecule has 0 spiro atoms. The van der Waals surface area contributed by atoms with Gasteiger partial charge in [0.2, 0.25) is 0 Å². The van der Waals surface area contributed by atoms with Gasteiger partial charge in [-0.05, 0) is 67.7 Å². The number of nitrogens with zero attached hydrogens (tertiary/aromatic N) is 3. The van der Waals surface area contributed by atoms with Crippen LogP contribution in [0, 0.1) is 0 Å². The molecule has 10 rings (SSSR count). The lowest BCUT2D eigenvalue weighted by atomic mass is 9.91. The molecule has 0 N–H and O–H groups in total. The van der Waals surface area contributed by atoms with Crippen LogP contribution in [0.25, 0.3) is 99.5 Å². The highest BCUT2D eigenvalue weighted by Gasteiger charge is 2.17. The van der Waals surface area contributed by atoms with Crippen LogP contribution in [0.4, 0.5) is 0 Å². The van der Waals surface area contributed by atoms with E-state index < -0.39 is 30.2 Å². The first-order valence-electron chi connectivity index (χ1n) is 21.5. The molecule has 2 heterocycles. The maximum Gasteiger partial charge on any atom is 0.164 e. The average molecular weight is 638 g/mol. The van der Waals surface area contributed by atoms with Crippen LogP contribution < -0.4 is 0 Å². The van der Waals surface area contributed by atoms with Crippen molar-refractivity contribution >= 4 is 54.3 Å². The highest BCUT2D eigenvalue weighted by atomic mass is 16.3. The molecule has 0 bridgehead atoms. The van der Waals surface area contributed by atoms with E-state index in [9.17, 15) is 2.74 Å². The van der Waals surface area contributed by atoms with Gasteiger partial charge in [-0.3, -0.25) is 0 Å². The first kappa shape index (κ1) is 18.0. The lowest BCUT2D eigenvalue weighted by molar-refractivity contribution is 0.669. The summed E-state index contributed by atoms with van der Waals surface area (Å²) in [6.45, 7) is 0. The summed E-state index contributed by atoms with van der Waals surface area (Å²) in [5, 5.41) is 3.26. The van der Waals surface area contributed by atoms with E-state index in [1.165, 1.54) is 18.2 Å². The summed E-state index contributed by atoms with van der Waals surface area (Å²) in [5.74, 6) is 0.258. The van der Waals surface area contributed by atoms with Crippen molar-refractivity contribution in [2.45, 2.75) is 0 Å². The van der Waals surface area contributed by atoms with Crippen molar-refractivity contribution in [2.75, 3.05) is 0 Å². The summed E-state index contributed by atoms with van der Waals surface area (Å²) in [6.07, 6.45) is 0. The molecule has 0 amide bonds. The van der Waals surface area contributed by atoms with Gasteiger partial charge in [0.1, 0.15) is 11.2 Å². The molecule has 0 radical (unpaired) electrons. The van der Waals surface area contributed by atoms with Crippen LogP contribution in [-0.4, -0.2) is 15.0 Å². The first-order chi connectivity index (χ1) is 29.2. The Balaban J connectivity index is 1.21. The van der Waals surface area contributed by atoms with Crippen molar-refractivity contribution in [3.8, 4) is 45.3 Å². The number of fused-ring (bicyclic) bond motifs is 9. The summed E-state index contributed by atoms with van der Waals surface area (Å²) < 4.78 is 110. The Morgan fingerprint density at radius 1 is 0.408 bits per heavy atom. The van der Waals surface area contributed by atoms with E-state index >= 15 is 0 Å². The fourth-order valence-electron chi connectivity index (χ4n) is 6.43. The van der Waals surface area contributed by atoms with Crippen LogP contribution >= 0.6 is 0 Å². The van der Waals surface area contributed by atoms with Crippen molar-refractivity contribution in [3.05, 3.63) is 164 Å². The molecule has 0 aliphatic carbocycles. The number of furan rings is 1. The van der Waals surface area contributed by atoms with Crippen LogP contribution in [-0.2, 0) is 0 Å². The van der Waals surface area contributed by atoms with Crippen LogP contribution in [0.3, 0.4) is 0 Å². The van der Waals surface area contributed by atoms with Crippen molar-refractivity contribution in [2.24, 2.45) is 0 Å². The smallest absolute Gasteiger partial charge is 0.164 e. The number of hydrogen-bond acceptors (Lipinski definition) is 4. The summed E-state index contributed by atoms with van der Waals surface area (Å²) in [6, 6.07) is 22.2. The highest BCUT2D eigenvalue weighted by molar-refractivity contribution is 6.26. The molecule has 0 aliphatic rings. The van der Waals surface area contributed by atoms with Crippen molar-refractivity contribution < 1.29 is 20.9 Å². The molecule has 0 unspecified atom stereocenters. The van der Waals surface area contributed by atoms with E-state index in [2.05, 4.69) is 9.97 Å². The lowest BCUT2D eigenvalue weighted by Crippen LogP contribution is -2.00. The molecule has 0 saturated heterocycles. The van der Waals surface area contributed by atoms with Gasteiger partial charge in [-0.1, -0.05) is 139 Å². The van der Waals surface area contributed by atoms with Crippen molar-refractivity contribution in [3.63, 3.8) is 0 Å². The Hall–Kier alpha value is -6.65. The number of aromatic nitrogens is 3. The predicted molar refractivity (Wildman–Crippen MR) is 201 cm³/mol. The Morgan fingerprint density at radius 2 is 1.14 bits per heavy atom. The first-order valence-corrected chi connectivity index (χ1v) is 15.5. The zero-order valence-electron chi connectivity index (χ0n) is 37.4. The van der Waals surface area contributed by atoms with Crippen molar-refractivity contribution in [1.82, 2.24) is 15.0 Å². The molecule has 0 aliphatic heterocycles. The second-order valence-corrected chi connectivity index (χ2v) is 11.5. The van der Waals surface area contributed by atoms with Gasteiger partial charge in [0.15, 0.2) is 17.5 Å².